The van der Waals surface area contributed by atoms with Gasteiger partial charge in [0.1, 0.15) is 5.60 Å². The second-order valence-electron chi connectivity index (χ2n) is 8.95. The van der Waals surface area contributed by atoms with Crippen molar-refractivity contribution in [2.24, 2.45) is 5.41 Å². The zero-order chi connectivity index (χ0) is 22.2. The summed E-state index contributed by atoms with van der Waals surface area (Å²) in [5, 5.41) is 5.43. The second kappa shape index (κ2) is 10.5. The van der Waals surface area contributed by atoms with Crippen molar-refractivity contribution >= 4 is 23.9 Å². The van der Waals surface area contributed by atoms with E-state index >= 15 is 0 Å². The average Bonchev–Trinajstić information content (AvgIpc) is 2.62. The average molecular weight is 414 g/mol. The van der Waals surface area contributed by atoms with Crippen molar-refractivity contribution in [1.82, 2.24) is 15.5 Å². The highest BCUT2D eigenvalue weighted by Crippen LogP contribution is 2.23. The Bertz CT molecular complexity index is 604. The Labute approximate surface area is 172 Å². The standard InChI is InChI=1S/C20H35N3O6/c1-19(2,3)29-18(27)22-14-8-11-23(12-9-14)16(25)13-21-15(24)7-10-20(4,5)17(26)28-6/h14H,7-13H2,1-6H3,(H,21,24)(H,22,27). The Kier molecular flexibility index (Phi) is 8.91. The number of hydrogen-bond donors (Lipinski definition) is 2. The van der Waals surface area contributed by atoms with Gasteiger partial charge in [0.05, 0.1) is 19.1 Å². The van der Waals surface area contributed by atoms with Crippen molar-refractivity contribution in [3.05, 3.63) is 0 Å². The highest BCUT2D eigenvalue weighted by molar-refractivity contribution is 5.85. The smallest absolute Gasteiger partial charge is 0.407 e. The van der Waals surface area contributed by atoms with Crippen LogP contribution in [-0.2, 0) is 23.9 Å². The largest absolute Gasteiger partial charge is 0.469 e. The van der Waals surface area contributed by atoms with Crippen molar-refractivity contribution < 1.29 is 28.7 Å². The molecule has 1 heterocycles. The minimum absolute atomic E-state index is 0.0379. The Hall–Kier alpha value is -2.32. The molecule has 0 unspecified atom stereocenters. The molecule has 166 valence electrons. The Balaban J connectivity index is 2.30. The van der Waals surface area contributed by atoms with Gasteiger partial charge >= 0.3 is 12.1 Å². The zero-order valence-electron chi connectivity index (χ0n) is 18.4. The van der Waals surface area contributed by atoms with Crippen LogP contribution in [0.15, 0.2) is 0 Å². The van der Waals surface area contributed by atoms with E-state index in [0.29, 0.717) is 32.4 Å². The van der Waals surface area contributed by atoms with Crippen molar-refractivity contribution in [2.75, 3.05) is 26.7 Å². The summed E-state index contributed by atoms with van der Waals surface area (Å²) < 4.78 is 9.96. The molecule has 0 aliphatic carbocycles. The summed E-state index contributed by atoms with van der Waals surface area (Å²) in [6, 6.07) is -0.0379. The molecule has 1 aliphatic heterocycles. The number of hydrogen-bond acceptors (Lipinski definition) is 6. The highest BCUT2D eigenvalue weighted by Gasteiger charge is 2.29. The number of nitrogens with one attached hydrogen (secondary N) is 2. The topological polar surface area (TPSA) is 114 Å². The molecule has 1 aliphatic rings. The van der Waals surface area contributed by atoms with Crippen LogP contribution in [0.25, 0.3) is 0 Å². The highest BCUT2D eigenvalue weighted by atomic mass is 16.6. The third kappa shape index (κ3) is 9.15. The minimum atomic E-state index is -0.751. The maximum atomic E-state index is 12.3. The quantitative estimate of drug-likeness (QED) is 0.613. The number of rotatable bonds is 7. The molecule has 3 amide bonds. The molecule has 1 fully saturated rings. The molecule has 1 saturated heterocycles. The third-order valence-corrected chi connectivity index (χ3v) is 4.72. The molecule has 9 heteroatoms. The first kappa shape index (κ1) is 24.7. The van der Waals surface area contributed by atoms with Crippen LogP contribution in [-0.4, -0.2) is 67.2 Å². The lowest BCUT2D eigenvalue weighted by molar-refractivity contribution is -0.151. The summed E-state index contributed by atoms with van der Waals surface area (Å²) in [5.74, 6) is -0.817. The molecule has 0 aromatic heterocycles. The first-order valence-electron chi connectivity index (χ1n) is 9.96. The van der Waals surface area contributed by atoms with Crippen LogP contribution in [0.5, 0.6) is 0 Å². The zero-order valence-corrected chi connectivity index (χ0v) is 18.4. The summed E-state index contributed by atoms with van der Waals surface area (Å²) in [4.78, 5) is 49.4. The number of amides is 3. The van der Waals surface area contributed by atoms with Crippen molar-refractivity contribution in [2.45, 2.75) is 71.9 Å². The van der Waals surface area contributed by atoms with Gasteiger partial charge in [-0.05, 0) is 53.9 Å². The van der Waals surface area contributed by atoms with Crippen LogP contribution in [0.2, 0.25) is 0 Å². The Morgan fingerprint density at radius 3 is 2.14 bits per heavy atom. The van der Waals surface area contributed by atoms with E-state index < -0.39 is 17.1 Å². The molecular formula is C20H35N3O6. The molecule has 0 aromatic carbocycles. The Morgan fingerprint density at radius 2 is 1.62 bits per heavy atom. The summed E-state index contributed by atoms with van der Waals surface area (Å²) in [7, 11) is 1.31. The van der Waals surface area contributed by atoms with Gasteiger partial charge in [-0.25, -0.2) is 4.79 Å². The molecule has 0 radical (unpaired) electrons. The van der Waals surface area contributed by atoms with Gasteiger partial charge in [-0.3, -0.25) is 14.4 Å². The van der Waals surface area contributed by atoms with Crippen LogP contribution < -0.4 is 10.6 Å². The number of alkyl carbamates (subject to hydrolysis) is 1. The number of ether oxygens (including phenoxy) is 2. The molecule has 0 saturated carbocycles. The van der Waals surface area contributed by atoms with Gasteiger partial charge in [0, 0.05) is 25.6 Å². The lowest BCUT2D eigenvalue weighted by Gasteiger charge is -2.33. The van der Waals surface area contributed by atoms with Gasteiger partial charge < -0.3 is 25.0 Å². The number of carbonyl (C=O) groups is 4. The van der Waals surface area contributed by atoms with E-state index in [1.165, 1.54) is 7.11 Å². The van der Waals surface area contributed by atoms with Crippen molar-refractivity contribution in [1.29, 1.82) is 0 Å². The van der Waals surface area contributed by atoms with Gasteiger partial charge in [-0.15, -0.1) is 0 Å². The molecule has 0 bridgehead atoms. The van der Waals surface area contributed by atoms with E-state index in [1.54, 1.807) is 39.5 Å². The number of nitrogens with zero attached hydrogens (tertiary/aromatic N) is 1. The van der Waals surface area contributed by atoms with Gasteiger partial charge in [0.2, 0.25) is 11.8 Å². The fourth-order valence-corrected chi connectivity index (χ4v) is 2.93. The number of piperidine rings is 1. The van der Waals surface area contributed by atoms with E-state index in [1.807, 2.05) is 0 Å². The predicted octanol–water partition coefficient (Wildman–Crippen LogP) is 1.60. The van der Waals surface area contributed by atoms with E-state index in [9.17, 15) is 19.2 Å². The summed E-state index contributed by atoms with van der Waals surface area (Å²) in [6.45, 7) is 9.77. The lowest BCUT2D eigenvalue weighted by Crippen LogP contribution is -2.49. The summed E-state index contributed by atoms with van der Waals surface area (Å²) in [5.41, 5.74) is -1.30. The predicted molar refractivity (Wildman–Crippen MR) is 107 cm³/mol. The molecule has 0 aromatic rings. The second-order valence-corrected chi connectivity index (χ2v) is 8.95. The number of methoxy groups -OCH3 is 1. The van der Waals surface area contributed by atoms with Crippen LogP contribution in [0.3, 0.4) is 0 Å². The third-order valence-electron chi connectivity index (χ3n) is 4.72. The van der Waals surface area contributed by atoms with E-state index in [-0.39, 0.29) is 36.8 Å². The first-order chi connectivity index (χ1) is 13.3. The molecule has 1 rings (SSSR count). The summed E-state index contributed by atoms with van der Waals surface area (Å²) in [6.07, 6.45) is 1.28. The number of carbonyl (C=O) groups excluding carboxylic acids is 4. The van der Waals surface area contributed by atoms with Crippen molar-refractivity contribution in [3.63, 3.8) is 0 Å². The SMILES string of the molecule is COC(=O)C(C)(C)CCC(=O)NCC(=O)N1CCC(NC(=O)OC(C)(C)C)CC1. The first-order valence-corrected chi connectivity index (χ1v) is 9.96. The molecular weight excluding hydrogens is 378 g/mol. The van der Waals surface area contributed by atoms with E-state index in [4.69, 9.17) is 9.47 Å². The number of likely N-dealkylation sites (tertiary alicyclic amines) is 1. The van der Waals surface area contributed by atoms with E-state index in [2.05, 4.69) is 10.6 Å². The van der Waals surface area contributed by atoms with Gasteiger partial charge in [-0.2, -0.15) is 0 Å². The monoisotopic (exact) mass is 413 g/mol. The molecule has 0 atom stereocenters. The van der Waals surface area contributed by atoms with Gasteiger partial charge in [0.15, 0.2) is 0 Å². The fraction of sp³-hybridized carbons (Fsp3) is 0.800. The normalized spacial score (nSPS) is 15.4. The minimum Gasteiger partial charge on any atom is -0.469 e. The molecule has 29 heavy (non-hydrogen) atoms. The summed E-state index contributed by atoms with van der Waals surface area (Å²) >= 11 is 0. The lowest BCUT2D eigenvalue weighted by atomic mass is 9.88. The van der Waals surface area contributed by atoms with Crippen LogP contribution >= 0.6 is 0 Å². The molecule has 0 spiro atoms. The van der Waals surface area contributed by atoms with Crippen LogP contribution in [0.1, 0.15) is 60.3 Å². The van der Waals surface area contributed by atoms with Gasteiger partial charge in [-0.1, -0.05) is 0 Å². The fourth-order valence-electron chi connectivity index (χ4n) is 2.93. The number of esters is 1. The van der Waals surface area contributed by atoms with Crippen molar-refractivity contribution in [3.8, 4) is 0 Å². The Morgan fingerprint density at radius 1 is 1.03 bits per heavy atom. The van der Waals surface area contributed by atoms with Crippen LogP contribution in [0.4, 0.5) is 4.79 Å². The molecule has 2 N–H and O–H groups in total. The van der Waals surface area contributed by atoms with E-state index in [0.717, 1.165) is 0 Å². The van der Waals surface area contributed by atoms with Gasteiger partial charge in [0.25, 0.3) is 0 Å². The van der Waals surface area contributed by atoms with Crippen LogP contribution in [0, 0.1) is 5.41 Å². The molecule has 9 nitrogen and oxygen atoms in total. The maximum absolute atomic E-state index is 12.3. The maximum Gasteiger partial charge on any atom is 0.407 e.